The van der Waals surface area contributed by atoms with Crippen molar-refractivity contribution in [1.29, 1.82) is 0 Å². The summed E-state index contributed by atoms with van der Waals surface area (Å²) in [6, 6.07) is 19.2. The van der Waals surface area contributed by atoms with Crippen LogP contribution in [0.15, 0.2) is 60.7 Å². The van der Waals surface area contributed by atoms with Gasteiger partial charge >= 0.3 is 0 Å². The Bertz CT molecular complexity index is 475. The van der Waals surface area contributed by atoms with E-state index in [-0.39, 0.29) is 0 Å². The van der Waals surface area contributed by atoms with E-state index in [0.29, 0.717) is 11.9 Å². The van der Waals surface area contributed by atoms with Crippen molar-refractivity contribution in [2.24, 2.45) is 0 Å². The molecule has 2 heteroatoms. The Hall–Kier alpha value is -1.80. The molecule has 21 heavy (non-hydrogen) atoms. The van der Waals surface area contributed by atoms with Gasteiger partial charge in [0, 0.05) is 0 Å². The summed E-state index contributed by atoms with van der Waals surface area (Å²) in [5.41, 5.74) is 1.29. The smallest absolute Gasteiger partial charge is 0.115 e. The number of para-hydroxylation sites is 1. The summed E-state index contributed by atoms with van der Waals surface area (Å²) in [5.74, 6) is 0.322. The van der Waals surface area contributed by atoms with Crippen LogP contribution < -0.4 is 0 Å². The first-order valence-corrected chi connectivity index (χ1v) is 7.74. The van der Waals surface area contributed by atoms with Crippen molar-refractivity contribution in [1.82, 2.24) is 0 Å². The zero-order chi connectivity index (χ0) is 14.8. The lowest BCUT2D eigenvalue weighted by Gasteiger charge is -2.21. The number of phenols is 1. The average molecular weight is 284 g/mol. The van der Waals surface area contributed by atoms with Crippen LogP contribution in [0.25, 0.3) is 0 Å². The molecule has 0 aromatic heterocycles. The lowest BCUT2D eigenvalue weighted by atomic mass is 9.98. The number of aromatic hydroxyl groups is 1. The van der Waals surface area contributed by atoms with Gasteiger partial charge in [0.25, 0.3) is 0 Å². The third-order valence-electron chi connectivity index (χ3n) is 3.64. The Kier molecular flexibility index (Phi) is 6.82. The minimum absolute atomic E-state index is 0.322. The van der Waals surface area contributed by atoms with Crippen molar-refractivity contribution in [3.8, 4) is 5.75 Å². The van der Waals surface area contributed by atoms with Crippen molar-refractivity contribution in [2.75, 3.05) is 0 Å². The van der Waals surface area contributed by atoms with Crippen molar-refractivity contribution in [2.45, 2.75) is 44.8 Å². The Morgan fingerprint density at radius 1 is 0.810 bits per heavy atom. The van der Waals surface area contributed by atoms with Crippen molar-refractivity contribution >= 4 is 0 Å². The van der Waals surface area contributed by atoms with Gasteiger partial charge in [0.05, 0.1) is 12.7 Å². The number of benzene rings is 2. The normalized spacial score (nSPS) is 15.0. The highest BCUT2D eigenvalue weighted by atomic mass is 16.5. The van der Waals surface area contributed by atoms with Gasteiger partial charge in [-0.3, -0.25) is 0 Å². The standard InChI is InChI=1S/C13H18O.C6H6O/c1-3-7-12(8-4-1)11-14-13-9-5-2-6-10-13;7-6-4-2-1-3-5-6/h1,3-4,7-8,13H,2,5-6,9-11H2;1-5,7H. The molecular formula is C19H24O2. The molecular weight excluding hydrogens is 260 g/mol. The van der Waals surface area contributed by atoms with Crippen LogP contribution in [0.5, 0.6) is 5.75 Å². The zero-order valence-electron chi connectivity index (χ0n) is 12.4. The first kappa shape index (κ1) is 15.6. The second kappa shape index (κ2) is 9.19. The van der Waals surface area contributed by atoms with Gasteiger partial charge in [-0.25, -0.2) is 0 Å². The fourth-order valence-electron chi connectivity index (χ4n) is 2.45. The Morgan fingerprint density at radius 2 is 1.38 bits per heavy atom. The first-order chi connectivity index (χ1) is 10.3. The molecule has 0 bridgehead atoms. The van der Waals surface area contributed by atoms with Gasteiger partial charge in [0.2, 0.25) is 0 Å². The number of hydrogen-bond acceptors (Lipinski definition) is 2. The highest BCUT2D eigenvalue weighted by Gasteiger charge is 2.13. The third-order valence-corrected chi connectivity index (χ3v) is 3.64. The second-order valence-electron chi connectivity index (χ2n) is 5.39. The molecule has 1 aliphatic carbocycles. The average Bonchev–Trinajstić information content (AvgIpc) is 2.56. The predicted octanol–water partition coefficient (Wildman–Crippen LogP) is 4.93. The van der Waals surface area contributed by atoms with Crippen LogP contribution >= 0.6 is 0 Å². The zero-order valence-corrected chi connectivity index (χ0v) is 12.4. The highest BCUT2D eigenvalue weighted by Crippen LogP contribution is 2.21. The topological polar surface area (TPSA) is 29.5 Å². The molecule has 1 N–H and O–H groups in total. The van der Waals surface area contributed by atoms with Gasteiger partial charge in [0.1, 0.15) is 5.75 Å². The van der Waals surface area contributed by atoms with E-state index in [2.05, 4.69) is 24.3 Å². The SMILES string of the molecule is Oc1ccccc1.c1ccc(COC2CCCCC2)cc1. The number of hydrogen-bond donors (Lipinski definition) is 1. The molecule has 2 aromatic rings. The number of ether oxygens (including phenoxy) is 1. The molecule has 0 atom stereocenters. The summed E-state index contributed by atoms with van der Waals surface area (Å²) in [6.07, 6.45) is 7.12. The van der Waals surface area contributed by atoms with Crippen LogP contribution in [0.3, 0.4) is 0 Å². The van der Waals surface area contributed by atoms with Crippen molar-refractivity contribution < 1.29 is 9.84 Å². The maximum atomic E-state index is 8.63. The summed E-state index contributed by atoms with van der Waals surface area (Å²) in [6.45, 7) is 0.783. The van der Waals surface area contributed by atoms with E-state index < -0.39 is 0 Å². The molecule has 0 radical (unpaired) electrons. The molecule has 2 aromatic carbocycles. The quantitative estimate of drug-likeness (QED) is 0.866. The van der Waals surface area contributed by atoms with Crippen LogP contribution in [0.1, 0.15) is 37.7 Å². The minimum Gasteiger partial charge on any atom is -0.508 e. The number of rotatable bonds is 3. The Morgan fingerprint density at radius 3 is 1.90 bits per heavy atom. The molecule has 0 aliphatic heterocycles. The Balaban J connectivity index is 0.000000194. The van der Waals surface area contributed by atoms with E-state index in [9.17, 15) is 0 Å². The van der Waals surface area contributed by atoms with Gasteiger partial charge in [-0.2, -0.15) is 0 Å². The van der Waals surface area contributed by atoms with E-state index >= 15 is 0 Å². The molecule has 0 amide bonds. The van der Waals surface area contributed by atoms with Crippen LogP contribution in [0, 0.1) is 0 Å². The summed E-state index contributed by atoms with van der Waals surface area (Å²) in [4.78, 5) is 0. The monoisotopic (exact) mass is 284 g/mol. The highest BCUT2D eigenvalue weighted by molar-refractivity contribution is 5.18. The van der Waals surface area contributed by atoms with Gasteiger partial charge in [-0.05, 0) is 30.5 Å². The van der Waals surface area contributed by atoms with Crippen LogP contribution in [0.2, 0.25) is 0 Å². The lowest BCUT2D eigenvalue weighted by molar-refractivity contribution is 0.0169. The van der Waals surface area contributed by atoms with Gasteiger partial charge < -0.3 is 9.84 Å². The van der Waals surface area contributed by atoms with E-state index in [1.807, 2.05) is 12.1 Å². The van der Waals surface area contributed by atoms with Crippen molar-refractivity contribution in [3.05, 3.63) is 66.2 Å². The van der Waals surface area contributed by atoms with Crippen LogP contribution in [-0.2, 0) is 11.3 Å². The van der Waals surface area contributed by atoms with E-state index in [1.165, 1.54) is 37.7 Å². The molecule has 0 spiro atoms. The molecule has 3 rings (SSSR count). The summed E-state index contributed by atoms with van der Waals surface area (Å²) in [7, 11) is 0. The fourth-order valence-corrected chi connectivity index (χ4v) is 2.45. The second-order valence-corrected chi connectivity index (χ2v) is 5.39. The maximum Gasteiger partial charge on any atom is 0.115 e. The fraction of sp³-hybridized carbons (Fsp3) is 0.368. The van der Waals surface area contributed by atoms with Crippen LogP contribution in [-0.4, -0.2) is 11.2 Å². The van der Waals surface area contributed by atoms with Crippen molar-refractivity contribution in [3.63, 3.8) is 0 Å². The number of phenolic OH excluding ortho intramolecular Hbond substituents is 1. The maximum absolute atomic E-state index is 8.63. The minimum atomic E-state index is 0.322. The van der Waals surface area contributed by atoms with Gasteiger partial charge in [-0.15, -0.1) is 0 Å². The molecule has 1 aliphatic rings. The lowest BCUT2D eigenvalue weighted by Crippen LogP contribution is -2.16. The van der Waals surface area contributed by atoms with E-state index in [4.69, 9.17) is 9.84 Å². The van der Waals surface area contributed by atoms with Gasteiger partial charge in [0.15, 0.2) is 0 Å². The summed E-state index contributed by atoms with van der Waals surface area (Å²) in [5, 5.41) is 8.63. The summed E-state index contributed by atoms with van der Waals surface area (Å²) < 4.78 is 5.87. The molecule has 2 nitrogen and oxygen atoms in total. The molecule has 0 heterocycles. The molecule has 1 saturated carbocycles. The Labute approximate surface area is 127 Å². The molecule has 0 unspecified atom stereocenters. The van der Waals surface area contributed by atoms with Gasteiger partial charge in [-0.1, -0.05) is 67.8 Å². The van der Waals surface area contributed by atoms with E-state index in [1.54, 1.807) is 24.3 Å². The van der Waals surface area contributed by atoms with Crippen LogP contribution in [0.4, 0.5) is 0 Å². The first-order valence-electron chi connectivity index (χ1n) is 7.74. The molecule has 0 saturated heterocycles. The largest absolute Gasteiger partial charge is 0.508 e. The van der Waals surface area contributed by atoms with E-state index in [0.717, 1.165) is 6.61 Å². The molecule has 112 valence electrons. The molecule has 1 fully saturated rings. The third kappa shape index (κ3) is 6.46. The predicted molar refractivity (Wildman–Crippen MR) is 86.2 cm³/mol. The summed E-state index contributed by atoms with van der Waals surface area (Å²) >= 11 is 0.